The number of hydrogen-bond donors (Lipinski definition) is 3. The van der Waals surface area contributed by atoms with Crippen molar-refractivity contribution in [2.45, 2.75) is 26.4 Å². The third-order valence-electron chi connectivity index (χ3n) is 2.81. The molecule has 0 aliphatic heterocycles. The van der Waals surface area contributed by atoms with Gasteiger partial charge < -0.3 is 30.6 Å². The fraction of sp³-hybridized carbons (Fsp3) is 0.588. The molecular weight excluding hydrogens is 310 g/mol. The van der Waals surface area contributed by atoms with Gasteiger partial charge in [0.15, 0.2) is 0 Å². The van der Waals surface area contributed by atoms with Crippen molar-refractivity contribution >= 4 is 17.5 Å². The molecule has 0 heterocycles. The van der Waals surface area contributed by atoms with Crippen molar-refractivity contribution in [3.8, 4) is 0 Å². The molecule has 0 spiro atoms. The summed E-state index contributed by atoms with van der Waals surface area (Å²) in [6, 6.07) is 7.60. The molecule has 0 aliphatic carbocycles. The van der Waals surface area contributed by atoms with Crippen LogP contribution in [0, 0.1) is 0 Å². The van der Waals surface area contributed by atoms with Crippen LogP contribution in [0.15, 0.2) is 24.3 Å². The fourth-order valence-corrected chi connectivity index (χ4v) is 1.78. The number of nitrogens with one attached hydrogen (secondary N) is 2. The maximum absolute atomic E-state index is 11.4. The number of benzene rings is 1. The van der Waals surface area contributed by atoms with Gasteiger partial charge in [-0.2, -0.15) is 0 Å². The second-order valence-electron chi connectivity index (χ2n) is 6.17. The summed E-state index contributed by atoms with van der Waals surface area (Å²) in [4.78, 5) is 11.4. The number of nitrogens with two attached hydrogens (primary N) is 1. The molecule has 4 N–H and O–H groups in total. The van der Waals surface area contributed by atoms with Crippen LogP contribution in [0.5, 0.6) is 0 Å². The van der Waals surface area contributed by atoms with Gasteiger partial charge in [-0.25, -0.2) is 4.79 Å². The second kappa shape index (κ2) is 10.7. The Morgan fingerprint density at radius 2 is 1.67 bits per heavy atom. The van der Waals surface area contributed by atoms with E-state index in [2.05, 4.69) is 10.6 Å². The summed E-state index contributed by atoms with van der Waals surface area (Å²) in [5, 5.41) is 5.83. The van der Waals surface area contributed by atoms with Gasteiger partial charge in [0.1, 0.15) is 5.60 Å². The Labute approximate surface area is 143 Å². The summed E-state index contributed by atoms with van der Waals surface area (Å²) in [6.07, 6.45) is -0.436. The highest BCUT2D eigenvalue weighted by molar-refractivity contribution is 5.67. The number of anilines is 2. The number of carbonyl (C=O) groups excluding carboxylic acids is 1. The first-order valence-electron chi connectivity index (χ1n) is 8.09. The zero-order valence-electron chi connectivity index (χ0n) is 14.8. The number of nitrogen functional groups attached to an aromatic ring is 1. The van der Waals surface area contributed by atoms with Crippen LogP contribution in [0.3, 0.4) is 0 Å². The Balaban J connectivity index is 1.91. The van der Waals surface area contributed by atoms with E-state index in [1.54, 1.807) is 0 Å². The van der Waals surface area contributed by atoms with Crippen LogP contribution in [0.2, 0.25) is 0 Å². The quantitative estimate of drug-likeness (QED) is 0.447. The summed E-state index contributed by atoms with van der Waals surface area (Å²) in [5.41, 5.74) is 6.96. The molecule has 0 aliphatic rings. The standard InChI is InChI=1S/C17H29N3O4/c1-17(2,3)24-16(21)20-9-11-23-13-12-22-10-8-19-15-7-5-4-6-14(15)18/h4-7,19H,8-13,18H2,1-3H3,(H,20,21). The van der Waals surface area contributed by atoms with Crippen molar-refractivity contribution in [1.29, 1.82) is 0 Å². The lowest BCUT2D eigenvalue weighted by Crippen LogP contribution is -2.34. The van der Waals surface area contributed by atoms with E-state index < -0.39 is 11.7 Å². The molecule has 0 saturated heterocycles. The van der Waals surface area contributed by atoms with E-state index in [9.17, 15) is 4.79 Å². The van der Waals surface area contributed by atoms with Crippen LogP contribution in [0.4, 0.5) is 16.2 Å². The molecule has 24 heavy (non-hydrogen) atoms. The van der Waals surface area contributed by atoms with Crippen LogP contribution in [0.1, 0.15) is 20.8 Å². The van der Waals surface area contributed by atoms with E-state index in [1.807, 2.05) is 45.0 Å². The lowest BCUT2D eigenvalue weighted by molar-refractivity contribution is 0.0415. The number of ether oxygens (including phenoxy) is 3. The molecule has 0 fully saturated rings. The van der Waals surface area contributed by atoms with Gasteiger partial charge in [0.25, 0.3) is 0 Å². The molecule has 136 valence electrons. The van der Waals surface area contributed by atoms with E-state index in [0.29, 0.717) is 39.5 Å². The molecule has 7 heteroatoms. The average Bonchev–Trinajstić information content (AvgIpc) is 2.49. The van der Waals surface area contributed by atoms with Crippen LogP contribution in [-0.2, 0) is 14.2 Å². The molecule has 1 amide bonds. The molecule has 1 aromatic rings. The van der Waals surface area contributed by atoms with Gasteiger partial charge in [0.2, 0.25) is 0 Å². The summed E-state index contributed by atoms with van der Waals surface area (Å²) in [6.45, 7) is 8.50. The van der Waals surface area contributed by atoms with Crippen molar-refractivity contribution in [2.24, 2.45) is 0 Å². The highest BCUT2D eigenvalue weighted by Crippen LogP contribution is 2.15. The summed E-state index contributed by atoms with van der Waals surface area (Å²) >= 11 is 0. The lowest BCUT2D eigenvalue weighted by atomic mass is 10.2. The van der Waals surface area contributed by atoms with Gasteiger partial charge in [0.05, 0.1) is 37.8 Å². The van der Waals surface area contributed by atoms with Gasteiger partial charge in [-0.3, -0.25) is 0 Å². The molecule has 0 saturated carbocycles. The third-order valence-corrected chi connectivity index (χ3v) is 2.81. The Morgan fingerprint density at radius 3 is 2.29 bits per heavy atom. The van der Waals surface area contributed by atoms with Gasteiger partial charge >= 0.3 is 6.09 Å². The zero-order valence-corrected chi connectivity index (χ0v) is 14.8. The first-order chi connectivity index (χ1) is 11.4. The molecule has 0 bridgehead atoms. The van der Waals surface area contributed by atoms with Crippen molar-refractivity contribution in [3.05, 3.63) is 24.3 Å². The lowest BCUT2D eigenvalue weighted by Gasteiger charge is -2.19. The van der Waals surface area contributed by atoms with Crippen LogP contribution in [0.25, 0.3) is 0 Å². The van der Waals surface area contributed by atoms with E-state index >= 15 is 0 Å². The maximum atomic E-state index is 11.4. The molecule has 0 atom stereocenters. The Hall–Kier alpha value is -1.99. The van der Waals surface area contributed by atoms with Crippen molar-refractivity contribution in [2.75, 3.05) is 50.6 Å². The van der Waals surface area contributed by atoms with Crippen molar-refractivity contribution in [1.82, 2.24) is 5.32 Å². The Morgan fingerprint density at radius 1 is 1.04 bits per heavy atom. The van der Waals surface area contributed by atoms with Crippen LogP contribution >= 0.6 is 0 Å². The molecular formula is C17H29N3O4. The van der Waals surface area contributed by atoms with E-state index in [1.165, 1.54) is 0 Å². The minimum absolute atomic E-state index is 0.407. The van der Waals surface area contributed by atoms with Gasteiger partial charge in [-0.15, -0.1) is 0 Å². The normalized spacial score (nSPS) is 11.1. The topological polar surface area (TPSA) is 94.8 Å². The number of amides is 1. The smallest absolute Gasteiger partial charge is 0.407 e. The highest BCUT2D eigenvalue weighted by atomic mass is 16.6. The fourth-order valence-electron chi connectivity index (χ4n) is 1.78. The summed E-state index contributed by atoms with van der Waals surface area (Å²) in [5.74, 6) is 0. The summed E-state index contributed by atoms with van der Waals surface area (Å²) in [7, 11) is 0. The van der Waals surface area contributed by atoms with E-state index in [0.717, 1.165) is 11.4 Å². The predicted molar refractivity (Wildman–Crippen MR) is 95.2 cm³/mol. The number of para-hydroxylation sites is 2. The molecule has 0 radical (unpaired) electrons. The van der Waals surface area contributed by atoms with Gasteiger partial charge in [-0.1, -0.05) is 12.1 Å². The average molecular weight is 339 g/mol. The maximum Gasteiger partial charge on any atom is 0.407 e. The minimum atomic E-state index is -0.489. The highest BCUT2D eigenvalue weighted by Gasteiger charge is 2.15. The largest absolute Gasteiger partial charge is 0.444 e. The predicted octanol–water partition coefficient (Wildman–Crippen LogP) is 2.24. The number of hydrogen-bond acceptors (Lipinski definition) is 6. The Bertz CT molecular complexity index is 489. The van der Waals surface area contributed by atoms with Crippen LogP contribution in [-0.4, -0.2) is 51.2 Å². The minimum Gasteiger partial charge on any atom is -0.444 e. The first-order valence-corrected chi connectivity index (χ1v) is 8.09. The van der Waals surface area contributed by atoms with Gasteiger partial charge in [0, 0.05) is 13.1 Å². The van der Waals surface area contributed by atoms with Crippen molar-refractivity contribution in [3.63, 3.8) is 0 Å². The third kappa shape index (κ3) is 9.91. The molecule has 0 unspecified atom stereocenters. The monoisotopic (exact) mass is 339 g/mol. The summed E-state index contributed by atoms with van der Waals surface area (Å²) < 4.78 is 15.9. The zero-order chi connectivity index (χ0) is 17.8. The number of rotatable bonds is 10. The molecule has 7 nitrogen and oxygen atoms in total. The molecule has 1 rings (SSSR count). The van der Waals surface area contributed by atoms with Crippen LogP contribution < -0.4 is 16.4 Å². The van der Waals surface area contributed by atoms with E-state index in [-0.39, 0.29) is 0 Å². The van der Waals surface area contributed by atoms with E-state index in [4.69, 9.17) is 19.9 Å². The SMILES string of the molecule is CC(C)(C)OC(=O)NCCOCCOCCNc1ccccc1N. The van der Waals surface area contributed by atoms with Crippen molar-refractivity contribution < 1.29 is 19.0 Å². The molecule has 0 aromatic heterocycles. The number of alkyl carbamates (subject to hydrolysis) is 1. The second-order valence-corrected chi connectivity index (χ2v) is 6.17. The Kier molecular flexibility index (Phi) is 8.96. The van der Waals surface area contributed by atoms with Gasteiger partial charge in [-0.05, 0) is 32.9 Å². The first kappa shape index (κ1) is 20.1. The number of carbonyl (C=O) groups is 1. The molecule has 1 aromatic carbocycles.